The SMILES string of the molecule is Cc1ccc(C2(C(=O)Cl)CC2)cc1C. The maximum Gasteiger partial charge on any atom is 0.232 e. The molecule has 1 saturated carbocycles. The molecule has 0 saturated heterocycles. The molecule has 2 heteroatoms. The van der Waals surface area contributed by atoms with Gasteiger partial charge in [0.15, 0.2) is 0 Å². The molecule has 14 heavy (non-hydrogen) atoms. The van der Waals surface area contributed by atoms with E-state index < -0.39 is 0 Å². The van der Waals surface area contributed by atoms with E-state index in [1.165, 1.54) is 11.1 Å². The van der Waals surface area contributed by atoms with Crippen molar-refractivity contribution < 1.29 is 4.79 Å². The zero-order chi connectivity index (χ0) is 10.3. The van der Waals surface area contributed by atoms with E-state index in [1.54, 1.807) is 0 Å². The van der Waals surface area contributed by atoms with Gasteiger partial charge in [-0.2, -0.15) is 0 Å². The zero-order valence-corrected chi connectivity index (χ0v) is 9.19. The summed E-state index contributed by atoms with van der Waals surface area (Å²) >= 11 is 5.62. The summed E-state index contributed by atoms with van der Waals surface area (Å²) in [6.07, 6.45) is 1.80. The van der Waals surface area contributed by atoms with E-state index in [4.69, 9.17) is 11.6 Å². The number of benzene rings is 1. The van der Waals surface area contributed by atoms with Crippen LogP contribution in [0.2, 0.25) is 0 Å². The van der Waals surface area contributed by atoms with Crippen molar-refractivity contribution in [1.29, 1.82) is 0 Å². The van der Waals surface area contributed by atoms with Crippen LogP contribution in [0.5, 0.6) is 0 Å². The summed E-state index contributed by atoms with van der Waals surface area (Å²) in [5, 5.41) is -0.208. The van der Waals surface area contributed by atoms with Crippen LogP contribution >= 0.6 is 11.6 Å². The van der Waals surface area contributed by atoms with Crippen molar-refractivity contribution >= 4 is 16.8 Å². The first-order chi connectivity index (χ1) is 6.56. The first kappa shape index (κ1) is 9.72. The lowest BCUT2D eigenvalue weighted by molar-refractivity contribution is -0.113. The lowest BCUT2D eigenvalue weighted by atomic mass is 9.94. The fraction of sp³-hybridized carbons (Fsp3) is 0.417. The molecule has 0 aliphatic heterocycles. The number of halogens is 1. The van der Waals surface area contributed by atoms with Crippen LogP contribution < -0.4 is 0 Å². The minimum atomic E-state index is -0.347. The number of aryl methyl sites for hydroxylation is 2. The van der Waals surface area contributed by atoms with E-state index in [0.717, 1.165) is 18.4 Å². The van der Waals surface area contributed by atoms with E-state index in [2.05, 4.69) is 26.0 Å². The highest BCUT2D eigenvalue weighted by molar-refractivity contribution is 6.66. The largest absolute Gasteiger partial charge is 0.280 e. The molecule has 0 spiro atoms. The zero-order valence-electron chi connectivity index (χ0n) is 8.43. The molecule has 0 radical (unpaired) electrons. The second-order valence-corrected chi connectivity index (χ2v) is 4.50. The van der Waals surface area contributed by atoms with Gasteiger partial charge < -0.3 is 0 Å². The minimum Gasteiger partial charge on any atom is -0.280 e. The highest BCUT2D eigenvalue weighted by Crippen LogP contribution is 2.50. The van der Waals surface area contributed by atoms with E-state index in [9.17, 15) is 4.79 Å². The Morgan fingerprint density at radius 2 is 1.93 bits per heavy atom. The number of rotatable bonds is 2. The molecule has 74 valence electrons. The van der Waals surface area contributed by atoms with E-state index >= 15 is 0 Å². The Balaban J connectivity index is 2.43. The number of carbonyl (C=O) groups excluding carboxylic acids is 1. The third-order valence-electron chi connectivity index (χ3n) is 3.19. The van der Waals surface area contributed by atoms with Crippen LogP contribution in [0.4, 0.5) is 0 Å². The quantitative estimate of drug-likeness (QED) is 0.683. The molecule has 0 amide bonds. The van der Waals surface area contributed by atoms with Crippen LogP contribution in [0.3, 0.4) is 0 Å². The molecule has 0 unspecified atom stereocenters. The van der Waals surface area contributed by atoms with E-state index in [-0.39, 0.29) is 10.7 Å². The second-order valence-electron chi connectivity index (χ2n) is 4.15. The highest BCUT2D eigenvalue weighted by atomic mass is 35.5. The average Bonchev–Trinajstić information content (AvgIpc) is 2.90. The molecule has 0 aromatic heterocycles. The normalized spacial score (nSPS) is 17.9. The predicted molar refractivity (Wildman–Crippen MR) is 57.7 cm³/mol. The average molecular weight is 209 g/mol. The van der Waals surface area contributed by atoms with Crippen molar-refractivity contribution in [3.8, 4) is 0 Å². The summed E-state index contributed by atoms with van der Waals surface area (Å²) in [6, 6.07) is 6.17. The maximum atomic E-state index is 11.3. The molecule has 1 aromatic rings. The van der Waals surface area contributed by atoms with Crippen molar-refractivity contribution in [1.82, 2.24) is 0 Å². The Hall–Kier alpha value is -0.820. The molecule has 0 bridgehead atoms. The van der Waals surface area contributed by atoms with Gasteiger partial charge >= 0.3 is 0 Å². The topological polar surface area (TPSA) is 17.1 Å². The van der Waals surface area contributed by atoms with E-state index in [1.807, 2.05) is 6.07 Å². The van der Waals surface area contributed by atoms with Gasteiger partial charge in [0, 0.05) is 0 Å². The molecule has 1 aliphatic rings. The van der Waals surface area contributed by atoms with Crippen molar-refractivity contribution in [3.05, 3.63) is 34.9 Å². The molecule has 2 rings (SSSR count). The molecule has 1 fully saturated rings. The molecule has 0 heterocycles. The third-order valence-corrected chi connectivity index (χ3v) is 3.55. The van der Waals surface area contributed by atoms with Gasteiger partial charge in [-0.05, 0) is 55.0 Å². The lowest BCUT2D eigenvalue weighted by Gasteiger charge is -2.12. The summed E-state index contributed by atoms with van der Waals surface area (Å²) in [5.41, 5.74) is 3.22. The molecule has 0 atom stereocenters. The third kappa shape index (κ3) is 1.36. The Labute approximate surface area is 89.1 Å². The first-order valence-corrected chi connectivity index (χ1v) is 5.22. The van der Waals surface area contributed by atoms with Crippen LogP contribution in [-0.4, -0.2) is 5.24 Å². The molecule has 1 aromatic carbocycles. The molecule has 1 nitrogen and oxygen atoms in total. The second kappa shape index (κ2) is 3.09. The molecule has 0 N–H and O–H groups in total. The predicted octanol–water partition coefficient (Wildman–Crippen LogP) is 3.10. The smallest absolute Gasteiger partial charge is 0.232 e. The Morgan fingerprint density at radius 1 is 1.29 bits per heavy atom. The summed E-state index contributed by atoms with van der Waals surface area (Å²) in [5.74, 6) is 0. The Kier molecular flexibility index (Phi) is 2.15. The standard InChI is InChI=1S/C12H13ClO/c1-8-3-4-10(7-9(8)2)12(5-6-12)11(13)14/h3-4,7H,5-6H2,1-2H3. The van der Waals surface area contributed by atoms with Gasteiger partial charge in [0.1, 0.15) is 0 Å². The van der Waals surface area contributed by atoms with Crippen LogP contribution in [0.25, 0.3) is 0 Å². The molecular formula is C12H13ClO. The van der Waals surface area contributed by atoms with Crippen LogP contribution in [0, 0.1) is 13.8 Å². The van der Waals surface area contributed by atoms with Gasteiger partial charge in [0.05, 0.1) is 5.41 Å². The van der Waals surface area contributed by atoms with Crippen molar-refractivity contribution in [2.24, 2.45) is 0 Å². The van der Waals surface area contributed by atoms with Gasteiger partial charge in [0.2, 0.25) is 5.24 Å². The number of hydrogen-bond acceptors (Lipinski definition) is 1. The van der Waals surface area contributed by atoms with Crippen LogP contribution in [-0.2, 0) is 10.2 Å². The highest BCUT2D eigenvalue weighted by Gasteiger charge is 2.50. The monoisotopic (exact) mass is 208 g/mol. The fourth-order valence-electron chi connectivity index (χ4n) is 1.76. The summed E-state index contributed by atoms with van der Waals surface area (Å²) < 4.78 is 0. The van der Waals surface area contributed by atoms with Gasteiger partial charge in [-0.25, -0.2) is 0 Å². The lowest BCUT2D eigenvalue weighted by Crippen LogP contribution is -2.14. The fourth-order valence-corrected chi connectivity index (χ4v) is 2.06. The van der Waals surface area contributed by atoms with E-state index in [0.29, 0.717) is 0 Å². The van der Waals surface area contributed by atoms with Gasteiger partial charge in [-0.3, -0.25) is 4.79 Å². The van der Waals surface area contributed by atoms with Crippen molar-refractivity contribution in [3.63, 3.8) is 0 Å². The van der Waals surface area contributed by atoms with Crippen LogP contribution in [0.15, 0.2) is 18.2 Å². The van der Waals surface area contributed by atoms with Gasteiger partial charge in [-0.15, -0.1) is 0 Å². The first-order valence-electron chi connectivity index (χ1n) is 4.84. The van der Waals surface area contributed by atoms with Crippen LogP contribution in [0.1, 0.15) is 29.5 Å². The number of hydrogen-bond donors (Lipinski definition) is 0. The maximum absolute atomic E-state index is 11.3. The molecule has 1 aliphatic carbocycles. The summed E-state index contributed by atoms with van der Waals surface area (Å²) in [7, 11) is 0. The summed E-state index contributed by atoms with van der Waals surface area (Å²) in [4.78, 5) is 11.3. The Morgan fingerprint density at radius 3 is 2.36 bits per heavy atom. The Bertz CT molecular complexity index is 391. The minimum absolute atomic E-state index is 0.208. The van der Waals surface area contributed by atoms with Crippen molar-refractivity contribution in [2.75, 3.05) is 0 Å². The molecular weight excluding hydrogens is 196 g/mol. The number of carbonyl (C=O) groups is 1. The van der Waals surface area contributed by atoms with Gasteiger partial charge in [0.25, 0.3) is 0 Å². The summed E-state index contributed by atoms with van der Waals surface area (Å²) in [6.45, 7) is 4.13. The van der Waals surface area contributed by atoms with Gasteiger partial charge in [-0.1, -0.05) is 18.2 Å². The van der Waals surface area contributed by atoms with Crippen molar-refractivity contribution in [2.45, 2.75) is 32.1 Å².